The molecule has 168 valence electrons. The highest BCUT2D eigenvalue weighted by Crippen LogP contribution is 2.24. The molecular weight excluding hydrogens is 410 g/mol. The van der Waals surface area contributed by atoms with Gasteiger partial charge in [-0.2, -0.15) is 0 Å². The van der Waals surface area contributed by atoms with Crippen LogP contribution in [0.1, 0.15) is 30.1 Å². The van der Waals surface area contributed by atoms with Crippen molar-refractivity contribution >= 4 is 16.9 Å². The van der Waals surface area contributed by atoms with Crippen LogP contribution in [0.25, 0.3) is 11.0 Å². The molecule has 1 aliphatic heterocycles. The smallest absolute Gasteiger partial charge is 0.224 e. The topological polar surface area (TPSA) is 63.1 Å². The first-order valence-corrected chi connectivity index (χ1v) is 11.7. The second-order valence-corrected chi connectivity index (χ2v) is 8.68. The number of nitrogens with one attached hydrogen (secondary N) is 1. The molecule has 1 aromatic heterocycles. The van der Waals surface area contributed by atoms with Gasteiger partial charge in [0.15, 0.2) is 0 Å². The quantitative estimate of drug-likeness (QED) is 0.428. The van der Waals surface area contributed by atoms with Crippen molar-refractivity contribution < 1.29 is 4.79 Å². The van der Waals surface area contributed by atoms with Crippen molar-refractivity contribution in [3.05, 3.63) is 96.1 Å². The van der Waals surface area contributed by atoms with Gasteiger partial charge in [0.25, 0.3) is 0 Å². The van der Waals surface area contributed by atoms with Crippen molar-refractivity contribution in [3.8, 4) is 0 Å². The minimum atomic E-state index is -0.207. The maximum Gasteiger partial charge on any atom is 0.224 e. The van der Waals surface area contributed by atoms with E-state index in [0.29, 0.717) is 13.0 Å². The Kier molecular flexibility index (Phi) is 6.44. The molecule has 1 N–H and O–H groups in total. The van der Waals surface area contributed by atoms with Crippen molar-refractivity contribution in [1.82, 2.24) is 25.2 Å². The Bertz CT molecular complexity index is 1150. The van der Waals surface area contributed by atoms with Crippen LogP contribution in [0.5, 0.6) is 0 Å². The first-order valence-electron chi connectivity index (χ1n) is 11.7. The summed E-state index contributed by atoms with van der Waals surface area (Å²) >= 11 is 0. The van der Waals surface area contributed by atoms with Crippen LogP contribution in [0.15, 0.2) is 84.9 Å². The predicted molar refractivity (Wildman–Crippen MR) is 130 cm³/mol. The molecule has 3 aromatic carbocycles. The van der Waals surface area contributed by atoms with E-state index in [0.717, 1.165) is 36.8 Å². The lowest BCUT2D eigenvalue weighted by Gasteiger charge is -2.30. The van der Waals surface area contributed by atoms with Crippen LogP contribution in [0, 0.1) is 0 Å². The Balaban J connectivity index is 1.40. The third-order valence-electron chi connectivity index (χ3n) is 6.37. The molecule has 0 radical (unpaired) electrons. The molecular formula is C27H29N5O. The lowest BCUT2D eigenvalue weighted by molar-refractivity contribution is -0.131. The van der Waals surface area contributed by atoms with Gasteiger partial charge in [-0.1, -0.05) is 78.0 Å². The molecule has 6 nitrogen and oxygen atoms in total. The van der Waals surface area contributed by atoms with E-state index >= 15 is 0 Å². The summed E-state index contributed by atoms with van der Waals surface area (Å²) in [7, 11) is 0. The fourth-order valence-corrected chi connectivity index (χ4v) is 4.71. The Morgan fingerprint density at radius 1 is 0.848 bits per heavy atom. The molecule has 2 heterocycles. The Labute approximate surface area is 194 Å². The fraction of sp³-hybridized carbons (Fsp3) is 0.296. The van der Waals surface area contributed by atoms with Gasteiger partial charge in [0.1, 0.15) is 11.7 Å². The van der Waals surface area contributed by atoms with Crippen molar-refractivity contribution in [2.45, 2.75) is 37.9 Å². The molecule has 0 spiro atoms. The van der Waals surface area contributed by atoms with Crippen LogP contribution in [0.4, 0.5) is 0 Å². The maximum absolute atomic E-state index is 12.7. The first kappa shape index (κ1) is 21.3. The number of hydrogen-bond donors (Lipinski definition) is 1. The molecule has 5 rings (SSSR count). The number of likely N-dealkylation sites (tertiary alicyclic amines) is 1. The predicted octanol–water partition coefficient (Wildman–Crippen LogP) is 4.00. The van der Waals surface area contributed by atoms with E-state index in [1.165, 1.54) is 11.1 Å². The summed E-state index contributed by atoms with van der Waals surface area (Å²) in [5, 5.41) is 12.6. The number of para-hydroxylation sites is 1. The van der Waals surface area contributed by atoms with Crippen molar-refractivity contribution in [2.75, 3.05) is 13.1 Å². The summed E-state index contributed by atoms with van der Waals surface area (Å²) in [4.78, 5) is 14.7. The monoisotopic (exact) mass is 439 g/mol. The van der Waals surface area contributed by atoms with Crippen LogP contribution in [-0.4, -0.2) is 44.9 Å². The molecule has 1 unspecified atom stereocenters. The molecule has 4 aromatic rings. The molecule has 33 heavy (non-hydrogen) atoms. The number of nitrogens with zero attached hydrogens (tertiary/aromatic N) is 4. The average molecular weight is 440 g/mol. The number of carbonyl (C=O) groups excluding carboxylic acids is 1. The molecule has 1 atom stereocenters. The molecule has 0 saturated carbocycles. The van der Waals surface area contributed by atoms with E-state index in [-0.39, 0.29) is 18.1 Å². The molecule has 1 amide bonds. The summed E-state index contributed by atoms with van der Waals surface area (Å²) < 4.78 is 1.91. The van der Waals surface area contributed by atoms with Crippen LogP contribution < -0.4 is 5.32 Å². The Morgan fingerprint density at radius 2 is 1.48 bits per heavy atom. The SMILES string of the molecule is O=C1CCCN1C(CNC(Cc1ccccc1)Cc1ccccc1)n1nnc2ccccc21. The highest BCUT2D eigenvalue weighted by atomic mass is 16.2. The van der Waals surface area contributed by atoms with E-state index in [9.17, 15) is 4.79 Å². The molecule has 0 aliphatic carbocycles. The van der Waals surface area contributed by atoms with Crippen molar-refractivity contribution in [1.29, 1.82) is 0 Å². The highest BCUT2D eigenvalue weighted by molar-refractivity contribution is 5.79. The van der Waals surface area contributed by atoms with Gasteiger partial charge >= 0.3 is 0 Å². The van der Waals surface area contributed by atoms with E-state index in [2.05, 4.69) is 64.2 Å². The van der Waals surface area contributed by atoms with Gasteiger partial charge in [0.2, 0.25) is 5.91 Å². The number of amides is 1. The molecule has 1 aliphatic rings. The molecule has 1 fully saturated rings. The number of hydrogen-bond acceptors (Lipinski definition) is 4. The lowest BCUT2D eigenvalue weighted by atomic mass is 9.99. The molecule has 1 saturated heterocycles. The number of carbonyl (C=O) groups is 1. The van der Waals surface area contributed by atoms with Gasteiger partial charge in [-0.25, -0.2) is 4.68 Å². The average Bonchev–Trinajstić information content (AvgIpc) is 3.47. The maximum atomic E-state index is 12.7. The summed E-state index contributed by atoms with van der Waals surface area (Å²) in [5.74, 6) is 0.184. The number of benzene rings is 3. The van der Waals surface area contributed by atoms with Gasteiger partial charge in [0.05, 0.1) is 5.52 Å². The number of aromatic nitrogens is 3. The zero-order valence-electron chi connectivity index (χ0n) is 18.7. The number of fused-ring (bicyclic) bond motifs is 1. The normalized spacial score (nSPS) is 14.9. The minimum Gasteiger partial charge on any atom is -0.319 e. The third kappa shape index (κ3) is 4.96. The van der Waals surface area contributed by atoms with Crippen molar-refractivity contribution in [2.24, 2.45) is 0 Å². The third-order valence-corrected chi connectivity index (χ3v) is 6.37. The standard InChI is InChI=1S/C27H29N5O/c33-27-16-9-17-31(27)26(32-25-15-8-7-14-24(25)29-30-32)20-28-23(18-21-10-3-1-4-11-21)19-22-12-5-2-6-13-22/h1-8,10-15,23,26,28H,9,16-20H2. The van der Waals surface area contributed by atoms with Gasteiger partial charge in [-0.05, 0) is 42.5 Å². The molecule has 0 bridgehead atoms. The second-order valence-electron chi connectivity index (χ2n) is 8.68. The Morgan fingerprint density at radius 3 is 2.12 bits per heavy atom. The van der Waals surface area contributed by atoms with Crippen LogP contribution in [0.3, 0.4) is 0 Å². The second kappa shape index (κ2) is 9.96. The minimum absolute atomic E-state index is 0.184. The zero-order valence-corrected chi connectivity index (χ0v) is 18.7. The van der Waals surface area contributed by atoms with E-state index < -0.39 is 0 Å². The van der Waals surface area contributed by atoms with Gasteiger partial charge in [-0.3, -0.25) is 4.79 Å². The lowest BCUT2D eigenvalue weighted by Crippen LogP contribution is -2.44. The van der Waals surface area contributed by atoms with E-state index in [1.54, 1.807) is 0 Å². The summed E-state index contributed by atoms with van der Waals surface area (Å²) in [6.45, 7) is 1.37. The van der Waals surface area contributed by atoms with Crippen LogP contribution in [0.2, 0.25) is 0 Å². The van der Waals surface area contributed by atoms with Crippen molar-refractivity contribution in [3.63, 3.8) is 0 Å². The summed E-state index contributed by atoms with van der Waals surface area (Å²) in [5.41, 5.74) is 4.39. The van der Waals surface area contributed by atoms with Gasteiger partial charge in [0, 0.05) is 25.6 Å². The van der Waals surface area contributed by atoms with Gasteiger partial charge in [-0.15, -0.1) is 5.10 Å². The van der Waals surface area contributed by atoms with Crippen LogP contribution >= 0.6 is 0 Å². The zero-order chi connectivity index (χ0) is 22.5. The fourth-order valence-electron chi connectivity index (χ4n) is 4.71. The summed E-state index contributed by atoms with van der Waals surface area (Å²) in [6, 6.07) is 29.3. The van der Waals surface area contributed by atoms with E-state index in [1.807, 2.05) is 46.0 Å². The number of rotatable bonds is 9. The largest absolute Gasteiger partial charge is 0.319 e. The summed E-state index contributed by atoms with van der Waals surface area (Å²) in [6.07, 6.45) is 3.10. The highest BCUT2D eigenvalue weighted by Gasteiger charge is 2.31. The van der Waals surface area contributed by atoms with E-state index in [4.69, 9.17) is 0 Å². The Hall–Kier alpha value is -3.51. The van der Waals surface area contributed by atoms with Gasteiger partial charge < -0.3 is 10.2 Å². The molecule has 6 heteroatoms. The van der Waals surface area contributed by atoms with Crippen LogP contribution in [-0.2, 0) is 17.6 Å². The first-order chi connectivity index (χ1) is 16.3.